The van der Waals surface area contributed by atoms with E-state index in [1.54, 1.807) is 0 Å². The topological polar surface area (TPSA) is 61.0 Å². The summed E-state index contributed by atoms with van der Waals surface area (Å²) >= 11 is 11.2. The quantitative estimate of drug-likeness (QED) is 0.685. The highest BCUT2D eigenvalue weighted by molar-refractivity contribution is 6.35. The standard InChI is InChI=1S/C5H5Cl2N3O/c1-11-2-3(6)9-5(8)10-4(2)7/h1H3,(H2,8,9,10). The zero-order valence-corrected chi connectivity index (χ0v) is 7.15. The molecule has 0 atom stereocenters. The Bertz CT molecular complexity index is 255. The monoisotopic (exact) mass is 193 g/mol. The van der Waals surface area contributed by atoms with E-state index in [-0.39, 0.29) is 22.0 Å². The Morgan fingerprint density at radius 2 is 1.73 bits per heavy atom. The zero-order chi connectivity index (χ0) is 8.43. The third-order valence-corrected chi connectivity index (χ3v) is 1.52. The Balaban J connectivity index is 3.25. The summed E-state index contributed by atoms with van der Waals surface area (Å²) in [7, 11) is 1.42. The van der Waals surface area contributed by atoms with Crippen LogP contribution in [-0.4, -0.2) is 17.1 Å². The molecule has 1 aromatic heterocycles. The molecule has 1 rings (SSSR count). The van der Waals surface area contributed by atoms with E-state index in [0.717, 1.165) is 0 Å². The Morgan fingerprint density at radius 1 is 1.27 bits per heavy atom. The first-order chi connectivity index (χ1) is 5.15. The molecule has 0 spiro atoms. The number of anilines is 1. The van der Waals surface area contributed by atoms with Gasteiger partial charge >= 0.3 is 0 Å². The van der Waals surface area contributed by atoms with Crippen molar-refractivity contribution in [3.05, 3.63) is 10.3 Å². The van der Waals surface area contributed by atoms with E-state index in [1.165, 1.54) is 7.11 Å². The molecule has 0 amide bonds. The van der Waals surface area contributed by atoms with E-state index in [1.807, 2.05) is 0 Å². The maximum atomic E-state index is 5.59. The molecule has 0 unspecified atom stereocenters. The van der Waals surface area contributed by atoms with Crippen LogP contribution in [0.15, 0.2) is 0 Å². The summed E-state index contributed by atoms with van der Waals surface area (Å²) in [4.78, 5) is 7.26. The molecule has 1 heterocycles. The number of ether oxygens (including phenoxy) is 1. The van der Waals surface area contributed by atoms with Gasteiger partial charge in [-0.05, 0) is 0 Å². The SMILES string of the molecule is COc1c(Cl)nc(N)nc1Cl. The predicted molar refractivity (Wildman–Crippen MR) is 43.0 cm³/mol. The summed E-state index contributed by atoms with van der Waals surface area (Å²) in [5.74, 6) is 0.267. The van der Waals surface area contributed by atoms with E-state index >= 15 is 0 Å². The molecule has 0 saturated heterocycles. The van der Waals surface area contributed by atoms with Gasteiger partial charge in [-0.1, -0.05) is 23.2 Å². The Hall–Kier alpha value is -0.740. The van der Waals surface area contributed by atoms with Crippen LogP contribution < -0.4 is 10.5 Å². The van der Waals surface area contributed by atoms with Crippen molar-refractivity contribution in [1.29, 1.82) is 0 Å². The first-order valence-corrected chi connectivity index (χ1v) is 3.43. The van der Waals surface area contributed by atoms with Gasteiger partial charge in [-0.25, -0.2) is 0 Å². The second kappa shape index (κ2) is 3.11. The number of hydrogen-bond donors (Lipinski definition) is 1. The number of aromatic nitrogens is 2. The Labute approximate surface area is 73.3 Å². The minimum absolute atomic E-state index is 0.0285. The molecule has 0 aromatic carbocycles. The van der Waals surface area contributed by atoms with Crippen molar-refractivity contribution in [2.75, 3.05) is 12.8 Å². The fourth-order valence-corrected chi connectivity index (χ4v) is 1.14. The third kappa shape index (κ3) is 1.64. The highest BCUT2D eigenvalue weighted by Crippen LogP contribution is 2.29. The molecular formula is C5H5Cl2N3O. The minimum Gasteiger partial charge on any atom is -0.491 e. The summed E-state index contributed by atoms with van der Waals surface area (Å²) in [6.07, 6.45) is 0. The number of rotatable bonds is 1. The van der Waals surface area contributed by atoms with Crippen molar-refractivity contribution in [1.82, 2.24) is 9.97 Å². The van der Waals surface area contributed by atoms with E-state index in [0.29, 0.717) is 0 Å². The lowest BCUT2D eigenvalue weighted by molar-refractivity contribution is 0.411. The number of methoxy groups -OCH3 is 1. The van der Waals surface area contributed by atoms with Crippen LogP contribution in [0.3, 0.4) is 0 Å². The van der Waals surface area contributed by atoms with Gasteiger partial charge in [0, 0.05) is 0 Å². The average Bonchev–Trinajstić information content (AvgIpc) is 1.85. The number of hydrogen-bond acceptors (Lipinski definition) is 4. The normalized spacial score (nSPS) is 9.73. The first-order valence-electron chi connectivity index (χ1n) is 2.67. The molecule has 4 nitrogen and oxygen atoms in total. The van der Waals surface area contributed by atoms with Gasteiger partial charge in [-0.2, -0.15) is 9.97 Å². The van der Waals surface area contributed by atoms with Crippen LogP contribution in [0.2, 0.25) is 10.3 Å². The highest BCUT2D eigenvalue weighted by atomic mass is 35.5. The Kier molecular flexibility index (Phi) is 2.36. The summed E-state index contributed by atoms with van der Waals surface area (Å²) < 4.78 is 4.79. The molecule has 0 saturated carbocycles. The second-order valence-electron chi connectivity index (χ2n) is 1.70. The number of nitrogens with two attached hydrogens (primary N) is 1. The van der Waals surface area contributed by atoms with Gasteiger partial charge in [0.05, 0.1) is 7.11 Å². The molecular weight excluding hydrogens is 189 g/mol. The molecule has 0 aliphatic heterocycles. The Morgan fingerprint density at radius 3 is 2.09 bits per heavy atom. The van der Waals surface area contributed by atoms with Gasteiger partial charge in [0.25, 0.3) is 0 Å². The average molecular weight is 194 g/mol. The maximum Gasteiger partial charge on any atom is 0.223 e. The molecule has 0 aliphatic carbocycles. The van der Waals surface area contributed by atoms with Crippen LogP contribution in [0.4, 0.5) is 5.95 Å². The molecule has 0 radical (unpaired) electrons. The van der Waals surface area contributed by atoms with Crippen molar-refractivity contribution in [3.63, 3.8) is 0 Å². The zero-order valence-electron chi connectivity index (χ0n) is 5.64. The van der Waals surface area contributed by atoms with Crippen LogP contribution in [0.1, 0.15) is 0 Å². The number of halogens is 2. The van der Waals surface area contributed by atoms with Crippen LogP contribution >= 0.6 is 23.2 Å². The van der Waals surface area contributed by atoms with Gasteiger partial charge in [0.15, 0.2) is 16.1 Å². The smallest absolute Gasteiger partial charge is 0.223 e. The van der Waals surface area contributed by atoms with E-state index in [4.69, 9.17) is 33.7 Å². The van der Waals surface area contributed by atoms with E-state index in [2.05, 4.69) is 9.97 Å². The van der Waals surface area contributed by atoms with Crippen molar-refractivity contribution in [3.8, 4) is 5.75 Å². The second-order valence-corrected chi connectivity index (χ2v) is 2.41. The molecule has 60 valence electrons. The van der Waals surface area contributed by atoms with Crippen molar-refractivity contribution < 1.29 is 4.74 Å². The van der Waals surface area contributed by atoms with Crippen LogP contribution in [-0.2, 0) is 0 Å². The van der Waals surface area contributed by atoms with Crippen molar-refractivity contribution in [2.24, 2.45) is 0 Å². The first kappa shape index (κ1) is 8.36. The van der Waals surface area contributed by atoms with Gasteiger partial charge in [0.1, 0.15) is 0 Å². The summed E-state index contributed by atoms with van der Waals surface area (Å²) in [6.45, 7) is 0. The van der Waals surface area contributed by atoms with Crippen LogP contribution in [0, 0.1) is 0 Å². The molecule has 0 fully saturated rings. The summed E-state index contributed by atoms with van der Waals surface area (Å²) in [6, 6.07) is 0. The highest BCUT2D eigenvalue weighted by Gasteiger charge is 2.09. The van der Waals surface area contributed by atoms with Gasteiger partial charge in [-0.15, -0.1) is 0 Å². The predicted octanol–water partition coefficient (Wildman–Crippen LogP) is 1.37. The largest absolute Gasteiger partial charge is 0.491 e. The van der Waals surface area contributed by atoms with Crippen LogP contribution in [0.5, 0.6) is 5.75 Å². The lowest BCUT2D eigenvalue weighted by atomic mass is 10.6. The number of nitrogens with zero attached hydrogens (tertiary/aromatic N) is 2. The van der Waals surface area contributed by atoms with E-state index < -0.39 is 0 Å². The lowest BCUT2D eigenvalue weighted by Crippen LogP contribution is -1.98. The molecule has 2 N–H and O–H groups in total. The fraction of sp³-hybridized carbons (Fsp3) is 0.200. The maximum absolute atomic E-state index is 5.59. The van der Waals surface area contributed by atoms with Crippen molar-refractivity contribution in [2.45, 2.75) is 0 Å². The van der Waals surface area contributed by atoms with Gasteiger partial charge in [0.2, 0.25) is 5.95 Å². The minimum atomic E-state index is 0.0285. The fourth-order valence-electron chi connectivity index (χ4n) is 0.581. The van der Waals surface area contributed by atoms with Gasteiger partial charge in [-0.3, -0.25) is 0 Å². The van der Waals surface area contributed by atoms with Crippen molar-refractivity contribution >= 4 is 29.2 Å². The summed E-state index contributed by atoms with van der Waals surface area (Å²) in [5, 5.41) is 0.231. The summed E-state index contributed by atoms with van der Waals surface area (Å²) in [5.41, 5.74) is 5.24. The molecule has 6 heteroatoms. The van der Waals surface area contributed by atoms with Crippen LogP contribution in [0.25, 0.3) is 0 Å². The molecule has 0 bridgehead atoms. The molecule has 11 heavy (non-hydrogen) atoms. The molecule has 1 aromatic rings. The lowest BCUT2D eigenvalue weighted by Gasteiger charge is -2.03. The van der Waals surface area contributed by atoms with E-state index in [9.17, 15) is 0 Å². The molecule has 0 aliphatic rings. The number of nitrogen functional groups attached to an aromatic ring is 1. The third-order valence-electron chi connectivity index (χ3n) is 1.00. The van der Waals surface area contributed by atoms with Gasteiger partial charge < -0.3 is 10.5 Å².